The second-order valence-electron chi connectivity index (χ2n) is 6.76. The molecule has 0 aromatic heterocycles. The number of hydrogen-bond acceptors (Lipinski definition) is 7. The van der Waals surface area contributed by atoms with Crippen LogP contribution in [0.1, 0.15) is 34.1 Å². The fourth-order valence-corrected chi connectivity index (χ4v) is 2.70. The summed E-state index contributed by atoms with van der Waals surface area (Å²) >= 11 is 1.12. The molecule has 1 unspecified atom stereocenters. The van der Waals surface area contributed by atoms with Crippen molar-refractivity contribution in [3.63, 3.8) is 0 Å². The second kappa shape index (κ2) is 9.33. The van der Waals surface area contributed by atoms with E-state index in [0.717, 1.165) is 11.8 Å². The third-order valence-corrected chi connectivity index (χ3v) is 4.59. The summed E-state index contributed by atoms with van der Waals surface area (Å²) in [7, 11) is 0. The molecule has 0 radical (unpaired) electrons. The van der Waals surface area contributed by atoms with Gasteiger partial charge in [0.15, 0.2) is 5.12 Å². The number of carbonyl (C=O) groups excluding carboxylic acids is 3. The number of carboxylic acid groups (broad SMARTS) is 1. The van der Waals surface area contributed by atoms with Crippen molar-refractivity contribution in [2.24, 2.45) is 5.41 Å². The van der Waals surface area contributed by atoms with Gasteiger partial charge in [0.25, 0.3) is 5.79 Å². The number of carbonyl (C=O) groups is 4. The van der Waals surface area contributed by atoms with Crippen molar-refractivity contribution in [2.75, 3.05) is 25.4 Å². The molecule has 0 aromatic carbocycles. The highest BCUT2D eigenvalue weighted by Gasteiger charge is 2.51. The summed E-state index contributed by atoms with van der Waals surface area (Å²) in [5.41, 5.74) is -0.717. The summed E-state index contributed by atoms with van der Waals surface area (Å²) in [6.45, 7) is 6.67. The molecule has 1 fully saturated rings. The van der Waals surface area contributed by atoms with Crippen LogP contribution in [0.5, 0.6) is 0 Å². The average Bonchev–Trinajstić information content (AvgIpc) is 2.53. The molecule has 2 atom stereocenters. The number of aliphatic carboxylic acids is 1. The molecule has 0 aliphatic carbocycles. The normalized spacial score (nSPS) is 24.5. The minimum atomic E-state index is -1.89. The van der Waals surface area contributed by atoms with Gasteiger partial charge in [-0.3, -0.25) is 14.4 Å². The molecule has 0 saturated carbocycles. The zero-order chi connectivity index (χ0) is 20.0. The van der Waals surface area contributed by atoms with Crippen LogP contribution in [0.2, 0.25) is 0 Å². The van der Waals surface area contributed by atoms with Crippen molar-refractivity contribution >= 4 is 34.7 Å². The summed E-state index contributed by atoms with van der Waals surface area (Å²) in [6, 6.07) is 0. The lowest BCUT2D eigenvalue weighted by Crippen LogP contribution is -2.60. The molecule has 1 heterocycles. The standard InChI is InChI=1S/C16H26N2O7S/c1-10(19)26-8-7-17-11(20)5-6-18-13(21)12-15(2,3)9-24-16(4,25-12)14(22)23/h12H,5-9H2,1-4H3,(H,17,20)(H,18,21)(H,22,23)/t12-,16?/m0/s1. The topological polar surface area (TPSA) is 131 Å². The van der Waals surface area contributed by atoms with Crippen LogP contribution in [-0.2, 0) is 28.7 Å². The maximum Gasteiger partial charge on any atom is 0.364 e. The lowest BCUT2D eigenvalue weighted by Gasteiger charge is -2.44. The van der Waals surface area contributed by atoms with E-state index in [9.17, 15) is 24.3 Å². The van der Waals surface area contributed by atoms with Crippen LogP contribution >= 0.6 is 11.8 Å². The van der Waals surface area contributed by atoms with E-state index in [2.05, 4.69) is 10.6 Å². The van der Waals surface area contributed by atoms with Gasteiger partial charge in [0, 0.05) is 44.5 Å². The Labute approximate surface area is 156 Å². The van der Waals surface area contributed by atoms with E-state index in [1.807, 2.05) is 0 Å². The Bertz CT molecular complexity index is 567. The van der Waals surface area contributed by atoms with Crippen LogP contribution < -0.4 is 10.6 Å². The smallest absolute Gasteiger partial charge is 0.364 e. The van der Waals surface area contributed by atoms with E-state index in [4.69, 9.17) is 9.47 Å². The zero-order valence-electron chi connectivity index (χ0n) is 15.4. The Morgan fingerprint density at radius 3 is 2.38 bits per heavy atom. The summed E-state index contributed by atoms with van der Waals surface area (Å²) in [5, 5.41) is 14.4. The molecule has 1 saturated heterocycles. The van der Waals surface area contributed by atoms with Gasteiger partial charge < -0.3 is 25.2 Å². The molecule has 0 aromatic rings. The molecular weight excluding hydrogens is 364 g/mol. The van der Waals surface area contributed by atoms with Crippen LogP contribution in [-0.4, -0.2) is 65.3 Å². The SMILES string of the molecule is CC(=O)SCCNC(=O)CCNC(=O)[C@@H]1OC(C)(C(=O)O)OCC1(C)C. The van der Waals surface area contributed by atoms with Crippen molar-refractivity contribution in [1.82, 2.24) is 10.6 Å². The first-order chi connectivity index (χ1) is 12.0. The Balaban J connectivity index is 2.44. The van der Waals surface area contributed by atoms with Crippen molar-refractivity contribution in [3.8, 4) is 0 Å². The molecule has 26 heavy (non-hydrogen) atoms. The van der Waals surface area contributed by atoms with Gasteiger partial charge in [-0.05, 0) is 0 Å². The highest BCUT2D eigenvalue weighted by Crippen LogP contribution is 2.35. The van der Waals surface area contributed by atoms with Crippen molar-refractivity contribution < 1.29 is 33.8 Å². The third kappa shape index (κ3) is 6.58. The molecule has 2 amide bonds. The molecular formula is C16H26N2O7S. The van der Waals surface area contributed by atoms with Crippen molar-refractivity contribution in [2.45, 2.75) is 46.0 Å². The molecule has 3 N–H and O–H groups in total. The van der Waals surface area contributed by atoms with Crippen LogP contribution in [0.3, 0.4) is 0 Å². The Hall–Kier alpha value is -1.65. The van der Waals surface area contributed by atoms with Crippen LogP contribution in [0.15, 0.2) is 0 Å². The number of rotatable bonds is 8. The number of thioether (sulfide) groups is 1. The minimum Gasteiger partial charge on any atom is -0.477 e. The average molecular weight is 390 g/mol. The first-order valence-electron chi connectivity index (χ1n) is 8.21. The van der Waals surface area contributed by atoms with Gasteiger partial charge in [-0.2, -0.15) is 0 Å². The lowest BCUT2D eigenvalue weighted by atomic mass is 9.85. The summed E-state index contributed by atoms with van der Waals surface area (Å²) in [5.74, 6) is -3.45. The zero-order valence-corrected chi connectivity index (χ0v) is 16.2. The van der Waals surface area contributed by atoms with Gasteiger partial charge >= 0.3 is 5.97 Å². The predicted octanol–water partition coefficient (Wildman–Crippen LogP) is 0.131. The molecule has 9 nitrogen and oxygen atoms in total. The van der Waals surface area contributed by atoms with Gasteiger partial charge in [-0.25, -0.2) is 4.79 Å². The van der Waals surface area contributed by atoms with Gasteiger partial charge in [0.2, 0.25) is 11.8 Å². The van der Waals surface area contributed by atoms with E-state index < -0.39 is 29.2 Å². The molecule has 1 aliphatic rings. The van der Waals surface area contributed by atoms with E-state index in [1.54, 1.807) is 13.8 Å². The predicted molar refractivity (Wildman–Crippen MR) is 94.4 cm³/mol. The molecule has 0 bridgehead atoms. The summed E-state index contributed by atoms with van der Waals surface area (Å²) in [6.07, 6.45) is -0.955. The van der Waals surface area contributed by atoms with Gasteiger partial charge in [-0.15, -0.1) is 0 Å². The van der Waals surface area contributed by atoms with Crippen molar-refractivity contribution in [3.05, 3.63) is 0 Å². The Kier molecular flexibility index (Phi) is 8.04. The monoisotopic (exact) mass is 390 g/mol. The van der Waals surface area contributed by atoms with Gasteiger partial charge in [-0.1, -0.05) is 25.6 Å². The Morgan fingerprint density at radius 1 is 1.15 bits per heavy atom. The van der Waals surface area contributed by atoms with E-state index in [0.29, 0.717) is 12.3 Å². The van der Waals surface area contributed by atoms with Crippen LogP contribution in [0, 0.1) is 5.41 Å². The highest BCUT2D eigenvalue weighted by molar-refractivity contribution is 8.13. The highest BCUT2D eigenvalue weighted by atomic mass is 32.2. The Morgan fingerprint density at radius 2 is 1.81 bits per heavy atom. The van der Waals surface area contributed by atoms with Gasteiger partial charge in [0.05, 0.1) is 6.61 Å². The lowest BCUT2D eigenvalue weighted by molar-refractivity contribution is -0.304. The number of ether oxygens (including phenoxy) is 2. The maximum absolute atomic E-state index is 12.4. The second-order valence-corrected chi connectivity index (χ2v) is 8.03. The van der Waals surface area contributed by atoms with E-state index in [1.165, 1.54) is 13.8 Å². The fraction of sp³-hybridized carbons (Fsp3) is 0.750. The molecule has 148 valence electrons. The third-order valence-electron chi connectivity index (χ3n) is 3.78. The quantitative estimate of drug-likeness (QED) is 0.499. The minimum absolute atomic E-state index is 0.0149. The number of carboxylic acids is 1. The maximum atomic E-state index is 12.4. The molecule has 10 heteroatoms. The summed E-state index contributed by atoms with van der Waals surface area (Å²) in [4.78, 5) is 46.1. The van der Waals surface area contributed by atoms with Crippen molar-refractivity contribution in [1.29, 1.82) is 0 Å². The van der Waals surface area contributed by atoms with E-state index in [-0.39, 0.29) is 30.6 Å². The largest absolute Gasteiger partial charge is 0.477 e. The number of nitrogens with one attached hydrogen (secondary N) is 2. The van der Waals surface area contributed by atoms with E-state index >= 15 is 0 Å². The first-order valence-corrected chi connectivity index (χ1v) is 9.19. The first kappa shape index (κ1) is 22.4. The van der Waals surface area contributed by atoms with Crippen LogP contribution in [0.25, 0.3) is 0 Å². The summed E-state index contributed by atoms with van der Waals surface area (Å²) < 4.78 is 10.6. The molecule has 0 spiro atoms. The van der Waals surface area contributed by atoms with Crippen LogP contribution in [0.4, 0.5) is 0 Å². The number of amides is 2. The molecule has 1 aliphatic heterocycles. The van der Waals surface area contributed by atoms with Gasteiger partial charge in [0.1, 0.15) is 6.10 Å². The fourth-order valence-electron chi connectivity index (χ4n) is 2.20. The molecule has 1 rings (SSSR count). The number of hydrogen-bond donors (Lipinski definition) is 3.